The Morgan fingerprint density at radius 3 is 2.47 bits per heavy atom. The number of carbonyl (C=O) groups is 3. The standard InChI is InChI=1S/C33H50F3N3O6/c1-22-19-39(23(2)21-40)32(43)27-18-26(37-30(41)15-16-33(34,35)36)13-14-28(27)45-24(3)10-8-9-17-44-29(22)20-38(4)31(42)25-11-6-5-7-12-25/h13-14,18,22-25,29,40H,5-12,15-17,19-21H2,1-4H3,(H,37,41)/t22-,23-,24+,29+/m0/s1. The monoisotopic (exact) mass is 641 g/mol. The first-order valence-electron chi connectivity index (χ1n) is 16.2. The maximum absolute atomic E-state index is 14.2. The number of fused-ring (bicyclic) bond motifs is 1. The average molecular weight is 642 g/mol. The molecular formula is C33H50F3N3O6. The molecule has 1 aromatic rings. The Morgan fingerprint density at radius 2 is 1.80 bits per heavy atom. The highest BCUT2D eigenvalue weighted by Crippen LogP contribution is 2.30. The van der Waals surface area contributed by atoms with Gasteiger partial charge in [-0.2, -0.15) is 13.2 Å². The summed E-state index contributed by atoms with van der Waals surface area (Å²) in [6.07, 6.45) is 0.238. The third-order valence-electron chi connectivity index (χ3n) is 8.76. The van der Waals surface area contributed by atoms with Crippen molar-refractivity contribution in [3.05, 3.63) is 23.8 Å². The van der Waals surface area contributed by atoms with Crippen molar-refractivity contribution in [3.8, 4) is 5.75 Å². The molecule has 2 aliphatic rings. The highest BCUT2D eigenvalue weighted by Gasteiger charge is 2.33. The third-order valence-corrected chi connectivity index (χ3v) is 8.76. The molecule has 4 atom stereocenters. The molecule has 12 heteroatoms. The van der Waals surface area contributed by atoms with E-state index in [1.54, 1.807) is 18.9 Å². The number of hydrogen-bond acceptors (Lipinski definition) is 6. The van der Waals surface area contributed by atoms with Crippen LogP contribution in [0, 0.1) is 11.8 Å². The maximum atomic E-state index is 14.2. The van der Waals surface area contributed by atoms with E-state index in [-0.39, 0.29) is 60.1 Å². The SMILES string of the molecule is C[C@@H]1CCCCO[C@H](CN(C)C(=O)C2CCCCC2)[C@@H](C)CN([C@@H](C)CO)C(=O)c2cc(NC(=O)CCC(F)(F)F)ccc2O1. The number of nitrogens with one attached hydrogen (secondary N) is 1. The molecule has 0 saturated heterocycles. The van der Waals surface area contributed by atoms with E-state index in [0.29, 0.717) is 19.6 Å². The number of aliphatic hydroxyl groups excluding tert-OH is 1. The number of likely N-dealkylation sites (N-methyl/N-ethyl adjacent to an activating group) is 1. The molecule has 1 saturated carbocycles. The second-order valence-corrected chi connectivity index (χ2v) is 12.7. The molecular weight excluding hydrogens is 591 g/mol. The Bertz CT molecular complexity index is 1130. The fraction of sp³-hybridized carbons (Fsp3) is 0.727. The fourth-order valence-corrected chi connectivity index (χ4v) is 5.96. The summed E-state index contributed by atoms with van der Waals surface area (Å²) >= 11 is 0. The zero-order valence-electron chi connectivity index (χ0n) is 27.0. The van der Waals surface area contributed by atoms with Crippen LogP contribution in [0.15, 0.2) is 18.2 Å². The summed E-state index contributed by atoms with van der Waals surface area (Å²) < 4.78 is 50.5. The predicted molar refractivity (Wildman–Crippen MR) is 165 cm³/mol. The van der Waals surface area contributed by atoms with Gasteiger partial charge in [0.2, 0.25) is 11.8 Å². The Kier molecular flexibility index (Phi) is 14.0. The van der Waals surface area contributed by atoms with Crippen molar-refractivity contribution < 1.29 is 42.1 Å². The summed E-state index contributed by atoms with van der Waals surface area (Å²) in [4.78, 5) is 43.0. The van der Waals surface area contributed by atoms with Crippen LogP contribution in [0.4, 0.5) is 18.9 Å². The number of halogens is 3. The molecule has 45 heavy (non-hydrogen) atoms. The summed E-state index contributed by atoms with van der Waals surface area (Å²) in [5.41, 5.74) is 0.294. The van der Waals surface area contributed by atoms with E-state index >= 15 is 0 Å². The minimum Gasteiger partial charge on any atom is -0.490 e. The maximum Gasteiger partial charge on any atom is 0.389 e. The van der Waals surface area contributed by atoms with Crippen LogP contribution in [0.25, 0.3) is 0 Å². The molecule has 1 heterocycles. The fourth-order valence-electron chi connectivity index (χ4n) is 5.96. The lowest BCUT2D eigenvalue weighted by Crippen LogP contribution is -2.48. The molecule has 1 aliphatic carbocycles. The summed E-state index contributed by atoms with van der Waals surface area (Å²) in [5.74, 6) is -1.08. The lowest BCUT2D eigenvalue weighted by atomic mass is 9.88. The van der Waals surface area contributed by atoms with Crippen LogP contribution in [0.3, 0.4) is 0 Å². The van der Waals surface area contributed by atoms with Gasteiger partial charge in [-0.05, 0) is 64.2 Å². The molecule has 1 aromatic carbocycles. The minimum absolute atomic E-state index is 0.0196. The Hall–Kier alpha value is -2.86. The lowest BCUT2D eigenvalue weighted by molar-refractivity contribution is -0.142. The van der Waals surface area contributed by atoms with Gasteiger partial charge in [0.15, 0.2) is 0 Å². The highest BCUT2D eigenvalue weighted by molar-refractivity contribution is 5.99. The van der Waals surface area contributed by atoms with Crippen LogP contribution in [-0.2, 0) is 14.3 Å². The molecule has 254 valence electrons. The highest BCUT2D eigenvalue weighted by atomic mass is 19.4. The van der Waals surface area contributed by atoms with Gasteiger partial charge in [0.05, 0.1) is 36.8 Å². The van der Waals surface area contributed by atoms with Crippen LogP contribution in [0.5, 0.6) is 5.75 Å². The molecule has 0 unspecified atom stereocenters. The van der Waals surface area contributed by atoms with Crippen molar-refractivity contribution in [2.45, 2.75) is 109 Å². The first-order valence-corrected chi connectivity index (χ1v) is 16.2. The molecule has 0 radical (unpaired) electrons. The van der Waals surface area contributed by atoms with E-state index in [4.69, 9.17) is 9.47 Å². The molecule has 0 spiro atoms. The van der Waals surface area contributed by atoms with Gasteiger partial charge in [0.1, 0.15) is 5.75 Å². The van der Waals surface area contributed by atoms with Crippen molar-refractivity contribution in [1.29, 1.82) is 0 Å². The van der Waals surface area contributed by atoms with Gasteiger partial charge in [-0.15, -0.1) is 0 Å². The van der Waals surface area contributed by atoms with Gasteiger partial charge >= 0.3 is 6.18 Å². The smallest absolute Gasteiger partial charge is 0.389 e. The van der Waals surface area contributed by atoms with Crippen molar-refractivity contribution in [1.82, 2.24) is 9.80 Å². The minimum atomic E-state index is -4.47. The Balaban J connectivity index is 1.88. The topological polar surface area (TPSA) is 108 Å². The van der Waals surface area contributed by atoms with E-state index in [1.165, 1.54) is 23.1 Å². The van der Waals surface area contributed by atoms with E-state index < -0.39 is 36.9 Å². The van der Waals surface area contributed by atoms with Crippen molar-refractivity contribution in [2.75, 3.05) is 38.7 Å². The number of hydrogen-bond donors (Lipinski definition) is 2. The first kappa shape index (κ1) is 36.6. The van der Waals surface area contributed by atoms with Gasteiger partial charge in [-0.25, -0.2) is 0 Å². The number of anilines is 1. The average Bonchev–Trinajstić information content (AvgIpc) is 3.01. The van der Waals surface area contributed by atoms with E-state index in [2.05, 4.69) is 5.32 Å². The van der Waals surface area contributed by atoms with Gasteiger partial charge < -0.3 is 29.7 Å². The third kappa shape index (κ3) is 11.5. The zero-order valence-corrected chi connectivity index (χ0v) is 27.0. The zero-order chi connectivity index (χ0) is 33.1. The molecule has 1 aliphatic heterocycles. The largest absolute Gasteiger partial charge is 0.490 e. The second-order valence-electron chi connectivity index (χ2n) is 12.7. The predicted octanol–water partition coefficient (Wildman–Crippen LogP) is 5.80. The summed E-state index contributed by atoms with van der Waals surface area (Å²) in [7, 11) is 1.80. The molecule has 3 amide bonds. The number of aliphatic hydroxyl groups is 1. The Morgan fingerprint density at radius 1 is 1.11 bits per heavy atom. The molecule has 9 nitrogen and oxygen atoms in total. The summed E-state index contributed by atoms with van der Waals surface area (Å²) in [6.45, 7) is 6.31. The van der Waals surface area contributed by atoms with Crippen LogP contribution in [-0.4, -0.2) is 90.4 Å². The normalized spacial score (nSPS) is 23.3. The van der Waals surface area contributed by atoms with E-state index in [9.17, 15) is 32.7 Å². The van der Waals surface area contributed by atoms with Crippen LogP contribution >= 0.6 is 0 Å². The summed E-state index contributed by atoms with van der Waals surface area (Å²) in [6, 6.07) is 3.86. The number of rotatable bonds is 8. The van der Waals surface area contributed by atoms with E-state index in [1.807, 2.05) is 13.8 Å². The number of nitrogens with zero attached hydrogens (tertiary/aromatic N) is 2. The molecule has 3 rings (SSSR count). The molecule has 0 aromatic heterocycles. The quantitative estimate of drug-likeness (QED) is 0.372. The van der Waals surface area contributed by atoms with Crippen LogP contribution in [0.1, 0.15) is 95.3 Å². The number of alkyl halides is 3. The van der Waals surface area contributed by atoms with Crippen molar-refractivity contribution in [3.63, 3.8) is 0 Å². The van der Waals surface area contributed by atoms with Crippen LogP contribution in [0.2, 0.25) is 0 Å². The van der Waals surface area contributed by atoms with Crippen molar-refractivity contribution in [2.24, 2.45) is 11.8 Å². The molecule has 1 fully saturated rings. The van der Waals surface area contributed by atoms with Crippen molar-refractivity contribution >= 4 is 23.4 Å². The second kappa shape index (κ2) is 17.2. The van der Waals surface area contributed by atoms with E-state index in [0.717, 1.165) is 44.9 Å². The number of carbonyl (C=O) groups excluding carboxylic acids is 3. The molecule has 2 N–H and O–H groups in total. The number of benzene rings is 1. The number of amides is 3. The lowest BCUT2D eigenvalue weighted by Gasteiger charge is -2.36. The van der Waals surface area contributed by atoms with Gasteiger partial charge in [-0.3, -0.25) is 14.4 Å². The Labute approximate surface area is 264 Å². The summed E-state index contributed by atoms with van der Waals surface area (Å²) in [5, 5.41) is 12.6. The van der Waals surface area contributed by atoms with Gasteiger partial charge in [0.25, 0.3) is 5.91 Å². The first-order chi connectivity index (χ1) is 21.3. The van der Waals surface area contributed by atoms with Gasteiger partial charge in [0, 0.05) is 50.7 Å². The number of ether oxygens (including phenoxy) is 2. The van der Waals surface area contributed by atoms with Crippen LogP contribution < -0.4 is 10.1 Å². The molecule has 0 bridgehead atoms. The van der Waals surface area contributed by atoms with Gasteiger partial charge in [-0.1, -0.05) is 26.2 Å².